The van der Waals surface area contributed by atoms with Crippen molar-refractivity contribution in [2.75, 3.05) is 27.2 Å². The molecule has 7 nitrogen and oxygen atoms in total. The predicted molar refractivity (Wildman–Crippen MR) is 133 cm³/mol. The van der Waals surface area contributed by atoms with Gasteiger partial charge in [0.1, 0.15) is 29.9 Å². The summed E-state index contributed by atoms with van der Waals surface area (Å²) in [7, 11) is 3.90. The molecule has 1 unspecified atom stereocenters. The number of hydrogen-bond acceptors (Lipinski definition) is 6. The number of likely N-dealkylation sites (tertiary alicyclic amines) is 1. The molecule has 0 aliphatic carbocycles. The molecule has 0 bridgehead atoms. The summed E-state index contributed by atoms with van der Waals surface area (Å²) in [5.74, 6) is -0.505. The van der Waals surface area contributed by atoms with E-state index in [9.17, 15) is 14.7 Å². The van der Waals surface area contributed by atoms with E-state index in [0.29, 0.717) is 36.6 Å². The molecule has 3 aromatic rings. The van der Waals surface area contributed by atoms with Gasteiger partial charge in [-0.15, -0.1) is 0 Å². The molecule has 0 spiro atoms. The van der Waals surface area contributed by atoms with Gasteiger partial charge in [0.2, 0.25) is 0 Å². The number of carbonyl (C=O) groups is 2. The van der Waals surface area contributed by atoms with Crippen LogP contribution in [0.4, 0.5) is 0 Å². The van der Waals surface area contributed by atoms with Crippen LogP contribution in [0.15, 0.2) is 76.9 Å². The predicted octanol–water partition coefficient (Wildman–Crippen LogP) is 4.54. The highest BCUT2D eigenvalue weighted by Crippen LogP contribution is 2.39. The standard InChI is InChI=1S/C28H30N2O5/c1-19-8-4-5-9-21(19)18-35-22-13-11-20(12-14-22)26(31)24-25(23-10-6-17-34-23)30(28(33)27(24)32)16-7-15-29(2)3/h4-6,8-14,17,25,31H,7,15-16,18H2,1-3H3/b26-24+. The van der Waals surface area contributed by atoms with Crippen LogP contribution < -0.4 is 4.74 Å². The van der Waals surface area contributed by atoms with Crippen molar-refractivity contribution < 1.29 is 23.8 Å². The second kappa shape index (κ2) is 10.6. The number of nitrogens with zero attached hydrogens (tertiary/aromatic N) is 2. The van der Waals surface area contributed by atoms with Crippen LogP contribution in [0, 0.1) is 6.92 Å². The first kappa shape index (κ1) is 24.3. The van der Waals surface area contributed by atoms with Crippen molar-refractivity contribution >= 4 is 17.4 Å². The molecular formula is C28H30N2O5. The molecule has 0 radical (unpaired) electrons. The Morgan fingerprint density at radius 1 is 1.06 bits per heavy atom. The summed E-state index contributed by atoms with van der Waals surface area (Å²) < 4.78 is 11.5. The first-order valence-corrected chi connectivity index (χ1v) is 11.6. The second-order valence-electron chi connectivity index (χ2n) is 8.90. The quantitative estimate of drug-likeness (QED) is 0.279. The number of benzene rings is 2. The van der Waals surface area contributed by atoms with Crippen molar-refractivity contribution in [3.63, 3.8) is 0 Å². The lowest BCUT2D eigenvalue weighted by Crippen LogP contribution is -2.32. The minimum Gasteiger partial charge on any atom is -0.507 e. The minimum atomic E-state index is -0.774. The number of aliphatic hydroxyl groups is 1. The van der Waals surface area contributed by atoms with Crippen LogP contribution in [0.3, 0.4) is 0 Å². The number of rotatable bonds is 9. The summed E-state index contributed by atoms with van der Waals surface area (Å²) in [6, 6.07) is 17.5. The summed E-state index contributed by atoms with van der Waals surface area (Å²) >= 11 is 0. The molecular weight excluding hydrogens is 444 g/mol. The number of furan rings is 1. The molecule has 7 heteroatoms. The van der Waals surface area contributed by atoms with Crippen LogP contribution in [-0.2, 0) is 16.2 Å². The third-order valence-electron chi connectivity index (χ3n) is 6.14. The third-order valence-corrected chi connectivity index (χ3v) is 6.14. The van der Waals surface area contributed by atoms with Crippen LogP contribution >= 0.6 is 0 Å². The average molecular weight is 475 g/mol. The molecule has 1 amide bonds. The molecule has 2 heterocycles. The van der Waals surface area contributed by atoms with Crippen molar-refractivity contribution in [2.45, 2.75) is 26.0 Å². The Kier molecular flexibility index (Phi) is 7.36. The van der Waals surface area contributed by atoms with Crippen LogP contribution in [0.2, 0.25) is 0 Å². The molecule has 1 aliphatic rings. The number of hydrogen-bond donors (Lipinski definition) is 1. The van der Waals surface area contributed by atoms with Crippen molar-refractivity contribution in [2.24, 2.45) is 0 Å². The maximum absolute atomic E-state index is 13.0. The Labute approximate surface area is 205 Å². The highest BCUT2D eigenvalue weighted by molar-refractivity contribution is 6.46. The van der Waals surface area contributed by atoms with E-state index in [2.05, 4.69) is 0 Å². The molecule has 1 N–H and O–H groups in total. The third kappa shape index (κ3) is 5.30. The van der Waals surface area contributed by atoms with Gasteiger partial charge in [-0.1, -0.05) is 24.3 Å². The highest BCUT2D eigenvalue weighted by atomic mass is 16.5. The maximum Gasteiger partial charge on any atom is 0.295 e. The van der Waals surface area contributed by atoms with Gasteiger partial charge in [0.15, 0.2) is 0 Å². The molecule has 4 rings (SSSR count). The molecule has 1 aromatic heterocycles. The van der Waals surface area contributed by atoms with Gasteiger partial charge in [-0.3, -0.25) is 9.59 Å². The van der Waals surface area contributed by atoms with E-state index < -0.39 is 17.7 Å². The Morgan fingerprint density at radius 2 is 1.80 bits per heavy atom. The fourth-order valence-electron chi connectivity index (χ4n) is 4.21. The van der Waals surface area contributed by atoms with Crippen molar-refractivity contribution in [1.82, 2.24) is 9.80 Å². The summed E-state index contributed by atoms with van der Waals surface area (Å²) in [5, 5.41) is 11.1. The zero-order valence-electron chi connectivity index (χ0n) is 20.2. The number of carbonyl (C=O) groups excluding carboxylic acids is 2. The fraction of sp³-hybridized carbons (Fsp3) is 0.286. The molecule has 182 valence electrons. The van der Waals surface area contributed by atoms with Gasteiger partial charge in [0.05, 0.1) is 11.8 Å². The Hall–Kier alpha value is -3.84. The van der Waals surface area contributed by atoms with E-state index >= 15 is 0 Å². The number of ether oxygens (including phenoxy) is 1. The first-order valence-electron chi connectivity index (χ1n) is 11.6. The van der Waals surface area contributed by atoms with Crippen molar-refractivity contribution in [1.29, 1.82) is 0 Å². The van der Waals surface area contributed by atoms with E-state index in [-0.39, 0.29) is 11.3 Å². The van der Waals surface area contributed by atoms with Gasteiger partial charge in [-0.2, -0.15) is 0 Å². The summed E-state index contributed by atoms with van der Waals surface area (Å²) in [6.07, 6.45) is 2.18. The normalized spacial score (nSPS) is 17.4. The van der Waals surface area contributed by atoms with Gasteiger partial charge in [-0.05, 0) is 81.5 Å². The molecule has 1 fully saturated rings. The largest absolute Gasteiger partial charge is 0.507 e. The smallest absolute Gasteiger partial charge is 0.295 e. The number of ketones is 1. The zero-order chi connectivity index (χ0) is 24.9. The molecule has 1 atom stereocenters. The maximum atomic E-state index is 13.0. The van der Waals surface area contributed by atoms with E-state index in [0.717, 1.165) is 17.7 Å². The van der Waals surface area contributed by atoms with Crippen LogP contribution in [0.25, 0.3) is 5.76 Å². The molecule has 1 saturated heterocycles. The first-order chi connectivity index (χ1) is 16.9. The fourth-order valence-corrected chi connectivity index (χ4v) is 4.21. The molecule has 2 aromatic carbocycles. The van der Waals surface area contributed by atoms with Gasteiger partial charge >= 0.3 is 0 Å². The van der Waals surface area contributed by atoms with Crippen molar-refractivity contribution in [3.05, 3.63) is 95.0 Å². The van der Waals surface area contributed by atoms with Gasteiger partial charge in [0.25, 0.3) is 11.7 Å². The summed E-state index contributed by atoms with van der Waals surface area (Å²) in [6.45, 7) is 3.59. The Morgan fingerprint density at radius 3 is 2.46 bits per heavy atom. The van der Waals surface area contributed by atoms with Gasteiger partial charge in [0, 0.05) is 12.1 Å². The van der Waals surface area contributed by atoms with E-state index in [1.54, 1.807) is 36.4 Å². The Bertz CT molecular complexity index is 1210. The summed E-state index contributed by atoms with van der Waals surface area (Å²) in [4.78, 5) is 29.4. The zero-order valence-corrected chi connectivity index (χ0v) is 20.2. The van der Waals surface area contributed by atoms with Gasteiger partial charge < -0.3 is 24.1 Å². The van der Waals surface area contributed by atoms with Gasteiger partial charge in [-0.25, -0.2) is 0 Å². The van der Waals surface area contributed by atoms with E-state index in [4.69, 9.17) is 9.15 Å². The lowest BCUT2D eigenvalue weighted by molar-refractivity contribution is -0.140. The second-order valence-corrected chi connectivity index (χ2v) is 8.90. The topological polar surface area (TPSA) is 83.2 Å². The highest BCUT2D eigenvalue weighted by Gasteiger charge is 2.47. The minimum absolute atomic E-state index is 0.0309. The molecule has 1 aliphatic heterocycles. The van der Waals surface area contributed by atoms with Crippen LogP contribution in [0.5, 0.6) is 5.75 Å². The summed E-state index contributed by atoms with van der Waals surface area (Å²) in [5.41, 5.74) is 2.70. The monoisotopic (exact) mass is 474 g/mol. The van der Waals surface area contributed by atoms with E-state index in [1.165, 1.54) is 11.2 Å². The SMILES string of the molecule is Cc1ccccc1COc1ccc(/C(O)=C2\C(=O)C(=O)N(CCCN(C)C)C2c2ccco2)cc1. The molecule has 35 heavy (non-hydrogen) atoms. The van der Waals surface area contributed by atoms with Crippen LogP contribution in [-0.4, -0.2) is 53.8 Å². The molecule has 0 saturated carbocycles. The lowest BCUT2D eigenvalue weighted by atomic mass is 9.99. The number of aliphatic hydroxyl groups excluding tert-OH is 1. The number of aryl methyl sites for hydroxylation is 1. The van der Waals surface area contributed by atoms with E-state index in [1.807, 2.05) is 50.2 Å². The average Bonchev–Trinajstić information content (AvgIpc) is 3.46. The number of amides is 1. The Balaban J connectivity index is 1.59. The number of Topliss-reactive ketones (excluding diaryl/α,β-unsaturated/α-hetero) is 1. The lowest BCUT2D eigenvalue weighted by Gasteiger charge is -2.24. The van der Waals surface area contributed by atoms with Crippen molar-refractivity contribution in [3.8, 4) is 5.75 Å². The van der Waals surface area contributed by atoms with Crippen LogP contribution in [0.1, 0.15) is 34.9 Å².